The molecule has 0 amide bonds. The van der Waals surface area contributed by atoms with Crippen molar-refractivity contribution < 1.29 is 76.7 Å². The predicted molar refractivity (Wildman–Crippen MR) is 66.3 cm³/mol. The van der Waals surface area contributed by atoms with Gasteiger partial charge in [0.25, 0.3) is 0 Å². The molecule has 1 aliphatic carbocycles. The molecular weight excluding hydrogens is 445 g/mol. The topological polar surface area (TPSA) is 287 Å². The van der Waals surface area contributed by atoms with Crippen molar-refractivity contribution in [2.75, 3.05) is 13.2 Å². The number of ether oxygens (including phenoxy) is 1. The van der Waals surface area contributed by atoms with E-state index in [1.54, 1.807) is 0 Å². The van der Waals surface area contributed by atoms with Crippen LogP contribution in [0.2, 0.25) is 0 Å². The van der Waals surface area contributed by atoms with Gasteiger partial charge in [0, 0.05) is 0 Å². The molecule has 162 valence electrons. The van der Waals surface area contributed by atoms with Crippen LogP contribution < -0.4 is 29.4 Å². The lowest BCUT2D eigenvalue weighted by molar-refractivity contribution is -0.372. The number of hydrogen-bond donors (Lipinski definition) is 3. The summed E-state index contributed by atoms with van der Waals surface area (Å²) in [6.45, 7) is -1.43. The Kier molecular flexibility index (Phi) is 8.70. The van der Waals surface area contributed by atoms with Crippen LogP contribution in [0, 0.1) is 0 Å². The third-order valence-electron chi connectivity index (χ3n) is 3.15. The van der Waals surface area contributed by atoms with Gasteiger partial charge in [-0.05, 0) is 0 Å². The fourth-order valence-corrected chi connectivity index (χ4v) is 3.98. The van der Waals surface area contributed by atoms with Crippen molar-refractivity contribution in [1.82, 2.24) is 0 Å². The zero-order valence-electron chi connectivity index (χ0n) is 12.9. The lowest BCUT2D eigenvalue weighted by Gasteiger charge is -2.52. The number of aliphatic hydroxyl groups is 3. The van der Waals surface area contributed by atoms with Crippen LogP contribution in [0.3, 0.4) is 0 Å². The number of phosphoric ester groups is 3. The Hall–Kier alpha value is 0.170. The summed E-state index contributed by atoms with van der Waals surface area (Å²) in [6.07, 6.45) is -14.9. The van der Waals surface area contributed by atoms with Gasteiger partial charge in [0.15, 0.2) is 0 Å². The molecule has 0 spiro atoms. The van der Waals surface area contributed by atoms with Gasteiger partial charge in [-0.1, -0.05) is 0 Å². The summed E-state index contributed by atoms with van der Waals surface area (Å²) in [6, 6.07) is 0. The third kappa shape index (κ3) is 8.20. The Balaban J connectivity index is 3.34. The first kappa shape index (κ1) is 25.2. The summed E-state index contributed by atoms with van der Waals surface area (Å²) in [5.74, 6) is 0. The van der Waals surface area contributed by atoms with Gasteiger partial charge < -0.3 is 76.7 Å². The molecule has 6 atom stereocenters. The summed E-state index contributed by atoms with van der Waals surface area (Å²) < 4.78 is 48.9. The van der Waals surface area contributed by atoms with E-state index in [9.17, 15) is 53.3 Å². The highest BCUT2D eigenvalue weighted by Gasteiger charge is 2.53. The van der Waals surface area contributed by atoms with Crippen molar-refractivity contribution >= 4 is 23.5 Å². The molecule has 1 saturated carbocycles. The molecule has 0 aromatic carbocycles. The molecule has 0 bridgehead atoms. The van der Waals surface area contributed by atoms with E-state index < -0.39 is 73.3 Å². The van der Waals surface area contributed by atoms with Crippen LogP contribution >= 0.6 is 23.5 Å². The van der Waals surface area contributed by atoms with Gasteiger partial charge in [-0.3, -0.25) is 0 Å². The normalized spacial score (nSPS) is 33.2. The molecule has 0 aromatic heterocycles. The average molecular weight is 458 g/mol. The summed E-state index contributed by atoms with van der Waals surface area (Å²) in [5.41, 5.74) is 0. The van der Waals surface area contributed by atoms with Gasteiger partial charge >= 0.3 is 0 Å². The molecule has 0 unspecified atom stereocenters. The monoisotopic (exact) mass is 458 g/mol. The van der Waals surface area contributed by atoms with Crippen LogP contribution in [-0.2, 0) is 32.0 Å². The molecule has 27 heavy (non-hydrogen) atoms. The fraction of sp³-hybridized carbons (Fsp3) is 1.00. The number of hydrogen-bond acceptors (Lipinski definition) is 16. The number of rotatable bonds is 9. The molecule has 3 N–H and O–H groups in total. The summed E-state index contributed by atoms with van der Waals surface area (Å²) >= 11 is 0. The molecule has 0 aromatic rings. The maximum atomic E-state index is 10.8. The van der Waals surface area contributed by atoms with E-state index in [0.717, 1.165) is 0 Å². The van der Waals surface area contributed by atoms with E-state index in [2.05, 4.69) is 13.6 Å². The lowest BCUT2D eigenvalue weighted by atomic mass is 9.85. The third-order valence-corrected chi connectivity index (χ3v) is 4.65. The Morgan fingerprint density at radius 2 is 0.963 bits per heavy atom. The maximum Gasteiger partial charge on any atom is 0.120 e. The average Bonchev–Trinajstić information content (AvgIpc) is 2.44. The Morgan fingerprint density at radius 3 is 1.26 bits per heavy atom. The highest BCUT2D eigenvalue weighted by Crippen LogP contribution is 2.43. The largest absolute Gasteiger partial charge is 0.790 e. The van der Waals surface area contributed by atoms with Crippen molar-refractivity contribution in [3.05, 3.63) is 0 Å². The number of phosphoric acid groups is 3. The molecule has 0 radical (unpaired) electrons. The van der Waals surface area contributed by atoms with Gasteiger partial charge in [-0.25, -0.2) is 0 Å². The lowest BCUT2D eigenvalue weighted by Crippen LogP contribution is -2.66. The van der Waals surface area contributed by atoms with Gasteiger partial charge in [0.1, 0.15) is 36.6 Å². The van der Waals surface area contributed by atoms with Crippen LogP contribution in [0.1, 0.15) is 0 Å². The van der Waals surface area contributed by atoms with Crippen LogP contribution in [0.5, 0.6) is 0 Å². The fourth-order valence-electron chi connectivity index (χ4n) is 2.35. The van der Waals surface area contributed by atoms with Crippen LogP contribution in [0.25, 0.3) is 0 Å². The molecule has 1 fully saturated rings. The Morgan fingerprint density at radius 1 is 0.667 bits per heavy atom. The molecule has 1 aliphatic rings. The quantitative estimate of drug-likeness (QED) is 0.270. The smallest absolute Gasteiger partial charge is 0.120 e. The van der Waals surface area contributed by atoms with Crippen LogP contribution in [0.15, 0.2) is 0 Å². The molecule has 0 aliphatic heterocycles. The zero-order chi connectivity index (χ0) is 21.2. The second-order valence-electron chi connectivity index (χ2n) is 5.09. The van der Waals surface area contributed by atoms with E-state index in [-0.39, 0.29) is 0 Å². The second-order valence-corrected chi connectivity index (χ2v) is 8.41. The van der Waals surface area contributed by atoms with Gasteiger partial charge in [-0.2, -0.15) is 0 Å². The predicted octanol–water partition coefficient (Wildman–Crippen LogP) is -7.26. The molecule has 0 heterocycles. The first-order valence-corrected chi connectivity index (χ1v) is 11.1. The summed E-state index contributed by atoms with van der Waals surface area (Å²) in [4.78, 5) is 64.9. The van der Waals surface area contributed by atoms with Gasteiger partial charge in [0.05, 0.1) is 36.7 Å². The first-order valence-electron chi connectivity index (χ1n) is 6.75. The zero-order valence-corrected chi connectivity index (χ0v) is 15.6. The standard InChI is InChI=1S/C8H19O16P3/c9-1-2-21-5-3(10)7(23-26(15,16)17)8(24-27(18,19)20)4(11)6(5)22-25(12,13)14/h3-11H,1-2H2,(H2,12,13,14)(H2,15,16,17)(H2,18,19,20)/p-6/t3-,4+,5+,6+,7-,8-/m1/s1. The van der Waals surface area contributed by atoms with Crippen molar-refractivity contribution in [2.24, 2.45) is 0 Å². The molecular formula is C8H13O16P3-6. The minimum atomic E-state index is -6.03. The van der Waals surface area contributed by atoms with E-state index in [0.29, 0.717) is 0 Å². The highest BCUT2D eigenvalue weighted by molar-refractivity contribution is 7.43. The van der Waals surface area contributed by atoms with Crippen LogP contribution in [0.4, 0.5) is 0 Å². The first-order chi connectivity index (χ1) is 12.1. The van der Waals surface area contributed by atoms with E-state index in [1.807, 2.05) is 0 Å². The van der Waals surface area contributed by atoms with Crippen LogP contribution in [-0.4, -0.2) is 65.2 Å². The maximum absolute atomic E-state index is 10.8. The van der Waals surface area contributed by atoms with E-state index >= 15 is 0 Å². The summed E-state index contributed by atoms with van der Waals surface area (Å²) in [5, 5.41) is 28.8. The van der Waals surface area contributed by atoms with E-state index in [1.165, 1.54) is 0 Å². The van der Waals surface area contributed by atoms with Crippen molar-refractivity contribution in [1.29, 1.82) is 0 Å². The van der Waals surface area contributed by atoms with Crippen molar-refractivity contribution in [3.63, 3.8) is 0 Å². The molecule has 16 nitrogen and oxygen atoms in total. The number of aliphatic hydroxyl groups excluding tert-OH is 3. The molecule has 0 saturated heterocycles. The van der Waals surface area contributed by atoms with Gasteiger partial charge in [0.2, 0.25) is 0 Å². The van der Waals surface area contributed by atoms with Gasteiger partial charge in [-0.15, -0.1) is 0 Å². The molecule has 1 rings (SSSR count). The van der Waals surface area contributed by atoms with E-state index in [4.69, 9.17) is 9.84 Å². The Bertz CT molecular complexity index is 621. The highest BCUT2D eigenvalue weighted by atomic mass is 31.2. The minimum absolute atomic E-state index is 0.678. The molecule has 19 heteroatoms. The SMILES string of the molecule is O=P([O-])([O-])O[C@@H]1[C@@H](O)[C@H](OP(=O)([O-])[O-])[C@@H](OCCO)[C@@H](O)[C@H]1OP(=O)([O-])[O-]. The van der Waals surface area contributed by atoms with Crippen molar-refractivity contribution in [3.8, 4) is 0 Å². The van der Waals surface area contributed by atoms with Crippen molar-refractivity contribution in [2.45, 2.75) is 36.6 Å². The summed E-state index contributed by atoms with van der Waals surface area (Å²) in [7, 11) is -17.9. The minimum Gasteiger partial charge on any atom is -0.790 e. The Labute approximate surface area is 151 Å². The second kappa shape index (κ2) is 9.32.